The molecule has 2 rings (SSSR count). The first-order valence-electron chi connectivity index (χ1n) is 6.42. The minimum atomic E-state index is -0.451. The lowest BCUT2D eigenvalue weighted by Gasteiger charge is -2.11. The Morgan fingerprint density at radius 2 is 1.75 bits per heavy atom. The second-order valence-electron chi connectivity index (χ2n) is 4.35. The molecule has 0 aliphatic carbocycles. The maximum absolute atomic E-state index is 12.2. The van der Waals surface area contributed by atoms with Gasteiger partial charge < -0.3 is 14.9 Å². The van der Waals surface area contributed by atoms with Crippen molar-refractivity contribution in [2.45, 2.75) is 13.3 Å². The lowest BCUT2D eigenvalue weighted by atomic mass is 10.0. The van der Waals surface area contributed by atoms with Gasteiger partial charge in [0.05, 0.1) is 12.2 Å². The van der Waals surface area contributed by atoms with Gasteiger partial charge in [-0.05, 0) is 18.6 Å². The zero-order valence-corrected chi connectivity index (χ0v) is 11.2. The number of hydrogen-bond acceptors (Lipinski definition) is 4. The zero-order valence-electron chi connectivity index (χ0n) is 11.2. The minimum Gasteiger partial charge on any atom is -0.504 e. The van der Waals surface area contributed by atoms with Crippen molar-refractivity contribution >= 4 is 5.78 Å². The molecule has 0 spiro atoms. The second kappa shape index (κ2) is 6.10. The number of carbonyl (C=O) groups is 1. The molecule has 0 heterocycles. The first-order valence-corrected chi connectivity index (χ1v) is 6.42. The van der Waals surface area contributed by atoms with Gasteiger partial charge in [0.2, 0.25) is 5.75 Å². The maximum atomic E-state index is 12.2. The fraction of sp³-hybridized carbons (Fsp3) is 0.188. The highest BCUT2D eigenvalue weighted by molar-refractivity contribution is 6.11. The number of ketones is 1. The summed E-state index contributed by atoms with van der Waals surface area (Å²) in [7, 11) is 0. The van der Waals surface area contributed by atoms with Gasteiger partial charge in [-0.25, -0.2) is 0 Å². The molecule has 0 unspecified atom stereocenters. The van der Waals surface area contributed by atoms with Crippen molar-refractivity contribution in [1.82, 2.24) is 0 Å². The molecule has 104 valence electrons. The third-order valence-electron chi connectivity index (χ3n) is 2.86. The number of phenolic OH excluding ortho intramolecular Hbond substituents is 2. The van der Waals surface area contributed by atoms with Crippen LogP contribution in [0.2, 0.25) is 0 Å². The van der Waals surface area contributed by atoms with Crippen molar-refractivity contribution < 1.29 is 19.7 Å². The number of rotatable bonds is 5. The van der Waals surface area contributed by atoms with E-state index in [-0.39, 0.29) is 17.1 Å². The third-order valence-corrected chi connectivity index (χ3v) is 2.86. The van der Waals surface area contributed by atoms with E-state index in [1.165, 1.54) is 12.1 Å². The number of aromatic hydroxyl groups is 2. The first kappa shape index (κ1) is 13.9. The van der Waals surface area contributed by atoms with Crippen LogP contribution in [0.1, 0.15) is 29.3 Å². The Hall–Kier alpha value is -2.49. The molecule has 0 saturated heterocycles. The van der Waals surface area contributed by atoms with Gasteiger partial charge in [0.1, 0.15) is 0 Å². The van der Waals surface area contributed by atoms with Crippen molar-refractivity contribution in [2.75, 3.05) is 6.61 Å². The average Bonchev–Trinajstić information content (AvgIpc) is 2.49. The number of phenols is 2. The predicted molar refractivity (Wildman–Crippen MR) is 75.4 cm³/mol. The van der Waals surface area contributed by atoms with Gasteiger partial charge in [-0.3, -0.25) is 4.79 Å². The molecular weight excluding hydrogens is 256 g/mol. The Morgan fingerprint density at radius 3 is 2.40 bits per heavy atom. The summed E-state index contributed by atoms with van der Waals surface area (Å²) in [5.41, 5.74) is 0.502. The van der Waals surface area contributed by atoms with E-state index in [0.29, 0.717) is 12.2 Å². The Bertz CT molecular complexity index is 605. The van der Waals surface area contributed by atoms with E-state index in [9.17, 15) is 15.0 Å². The van der Waals surface area contributed by atoms with Crippen LogP contribution in [0.4, 0.5) is 0 Å². The van der Waals surface area contributed by atoms with E-state index < -0.39 is 11.5 Å². The van der Waals surface area contributed by atoms with E-state index in [4.69, 9.17) is 4.74 Å². The monoisotopic (exact) mass is 272 g/mol. The molecule has 0 fully saturated rings. The Kier molecular flexibility index (Phi) is 4.25. The number of ether oxygens (including phenoxy) is 1. The van der Waals surface area contributed by atoms with Gasteiger partial charge in [0, 0.05) is 5.56 Å². The van der Waals surface area contributed by atoms with E-state index >= 15 is 0 Å². The van der Waals surface area contributed by atoms with Crippen LogP contribution in [-0.2, 0) is 0 Å². The van der Waals surface area contributed by atoms with Crippen LogP contribution in [0, 0.1) is 0 Å². The summed E-state index contributed by atoms with van der Waals surface area (Å²) < 4.78 is 5.29. The zero-order chi connectivity index (χ0) is 14.5. The summed E-state index contributed by atoms with van der Waals surface area (Å²) >= 11 is 0. The third kappa shape index (κ3) is 2.74. The molecule has 0 atom stereocenters. The molecule has 0 aliphatic heterocycles. The normalized spacial score (nSPS) is 10.2. The fourth-order valence-electron chi connectivity index (χ4n) is 1.82. The summed E-state index contributed by atoms with van der Waals surface area (Å²) in [6.45, 7) is 2.36. The molecule has 0 aliphatic rings. The van der Waals surface area contributed by atoms with Gasteiger partial charge in [-0.1, -0.05) is 37.3 Å². The Labute approximate surface area is 117 Å². The van der Waals surface area contributed by atoms with E-state index in [2.05, 4.69) is 0 Å². The molecule has 2 aromatic carbocycles. The summed E-state index contributed by atoms with van der Waals surface area (Å²) in [6.07, 6.45) is 0.783. The molecule has 0 aromatic heterocycles. The van der Waals surface area contributed by atoms with Crippen LogP contribution in [0.3, 0.4) is 0 Å². The van der Waals surface area contributed by atoms with Crippen LogP contribution in [0.25, 0.3) is 0 Å². The molecular formula is C16H16O4. The van der Waals surface area contributed by atoms with Crippen LogP contribution in [-0.4, -0.2) is 22.6 Å². The summed E-state index contributed by atoms with van der Waals surface area (Å²) in [6, 6.07) is 11.5. The Balaban J connectivity index is 2.34. The molecule has 0 saturated carbocycles. The van der Waals surface area contributed by atoms with E-state index in [1.54, 1.807) is 30.3 Å². The standard InChI is InChI=1S/C16H16O4/c1-2-10-20-13-9-8-12(15(18)16(13)19)14(17)11-6-4-3-5-7-11/h3-9,18-19H,2,10H2,1H3. The first-order chi connectivity index (χ1) is 9.65. The van der Waals surface area contributed by atoms with Gasteiger partial charge in [0.15, 0.2) is 17.3 Å². The minimum absolute atomic E-state index is 0.0533. The lowest BCUT2D eigenvalue weighted by molar-refractivity contribution is 0.103. The highest BCUT2D eigenvalue weighted by Gasteiger charge is 2.19. The number of hydrogen-bond donors (Lipinski definition) is 2. The van der Waals surface area contributed by atoms with Crippen molar-refractivity contribution in [1.29, 1.82) is 0 Å². The summed E-state index contributed by atoms with van der Waals surface area (Å²) in [5.74, 6) is -1.03. The van der Waals surface area contributed by atoms with Crippen LogP contribution >= 0.6 is 0 Å². The quantitative estimate of drug-likeness (QED) is 0.648. The molecule has 20 heavy (non-hydrogen) atoms. The predicted octanol–water partition coefficient (Wildman–Crippen LogP) is 3.12. The topological polar surface area (TPSA) is 66.8 Å². The fourth-order valence-corrected chi connectivity index (χ4v) is 1.82. The smallest absolute Gasteiger partial charge is 0.201 e. The summed E-state index contributed by atoms with van der Waals surface area (Å²) in [5, 5.41) is 19.8. The van der Waals surface area contributed by atoms with Gasteiger partial charge in [-0.2, -0.15) is 0 Å². The van der Waals surface area contributed by atoms with Crippen molar-refractivity contribution in [3.05, 3.63) is 53.6 Å². The van der Waals surface area contributed by atoms with Crippen molar-refractivity contribution in [3.8, 4) is 17.2 Å². The van der Waals surface area contributed by atoms with Gasteiger partial charge in [-0.15, -0.1) is 0 Å². The van der Waals surface area contributed by atoms with Crippen molar-refractivity contribution in [3.63, 3.8) is 0 Å². The molecule has 0 bridgehead atoms. The largest absolute Gasteiger partial charge is 0.504 e. The van der Waals surface area contributed by atoms with E-state index in [1.807, 2.05) is 6.92 Å². The number of benzene rings is 2. The average molecular weight is 272 g/mol. The SMILES string of the molecule is CCCOc1ccc(C(=O)c2ccccc2)c(O)c1O. The van der Waals surface area contributed by atoms with Crippen LogP contribution < -0.4 is 4.74 Å². The number of carbonyl (C=O) groups excluding carboxylic acids is 1. The second-order valence-corrected chi connectivity index (χ2v) is 4.35. The summed E-state index contributed by atoms with van der Waals surface area (Å²) in [4.78, 5) is 12.2. The molecule has 2 N–H and O–H groups in total. The van der Waals surface area contributed by atoms with Crippen molar-refractivity contribution in [2.24, 2.45) is 0 Å². The van der Waals surface area contributed by atoms with E-state index in [0.717, 1.165) is 6.42 Å². The molecule has 2 aromatic rings. The Morgan fingerprint density at radius 1 is 1.05 bits per heavy atom. The van der Waals surface area contributed by atoms with Crippen LogP contribution in [0.15, 0.2) is 42.5 Å². The maximum Gasteiger partial charge on any atom is 0.201 e. The molecule has 4 heteroatoms. The lowest BCUT2D eigenvalue weighted by Crippen LogP contribution is -2.02. The highest BCUT2D eigenvalue weighted by Crippen LogP contribution is 2.38. The van der Waals surface area contributed by atoms with Gasteiger partial charge in [0.25, 0.3) is 0 Å². The molecule has 0 radical (unpaired) electrons. The highest BCUT2D eigenvalue weighted by atomic mass is 16.5. The molecule has 0 amide bonds. The van der Waals surface area contributed by atoms with Crippen LogP contribution in [0.5, 0.6) is 17.2 Å². The molecule has 4 nitrogen and oxygen atoms in total. The van der Waals surface area contributed by atoms with Gasteiger partial charge >= 0.3 is 0 Å².